The number of anilines is 1. The van der Waals surface area contributed by atoms with Gasteiger partial charge in [0.15, 0.2) is 0 Å². The molecule has 164 valence electrons. The molecule has 0 spiro atoms. The molecule has 0 bridgehead atoms. The Morgan fingerprint density at radius 2 is 1.91 bits per heavy atom. The number of aliphatic hydroxyl groups excluding tert-OH is 1. The maximum Gasteiger partial charge on any atom is 0.277 e. The normalized spacial score (nSPS) is 11.1. The molecule has 2 aromatic heterocycles. The molecule has 0 saturated heterocycles. The van der Waals surface area contributed by atoms with E-state index in [4.69, 9.17) is 0 Å². The summed E-state index contributed by atoms with van der Waals surface area (Å²) < 4.78 is 15.9. The SMILES string of the molecule is CCc1cccc(C)c1NC(=O)Cn1ccn2nc(-c3ccc(F)cc3)c(CO)c2c1=O. The minimum atomic E-state index is -0.451. The fourth-order valence-corrected chi connectivity index (χ4v) is 3.80. The van der Waals surface area contributed by atoms with Gasteiger partial charge in [-0.3, -0.25) is 9.59 Å². The number of nitrogens with one attached hydrogen (secondary N) is 1. The van der Waals surface area contributed by atoms with Crippen LogP contribution < -0.4 is 10.9 Å². The highest BCUT2D eigenvalue weighted by Crippen LogP contribution is 2.25. The number of nitrogens with zero attached hydrogens (tertiary/aromatic N) is 3. The molecule has 0 aliphatic rings. The highest BCUT2D eigenvalue weighted by atomic mass is 19.1. The summed E-state index contributed by atoms with van der Waals surface area (Å²) >= 11 is 0. The number of fused-ring (bicyclic) bond motifs is 1. The highest BCUT2D eigenvalue weighted by Gasteiger charge is 2.19. The van der Waals surface area contributed by atoms with Gasteiger partial charge < -0.3 is 15.0 Å². The zero-order valence-corrected chi connectivity index (χ0v) is 17.8. The molecule has 4 aromatic rings. The summed E-state index contributed by atoms with van der Waals surface area (Å²) in [6.07, 6.45) is 3.81. The number of para-hydroxylation sites is 1. The van der Waals surface area contributed by atoms with Crippen molar-refractivity contribution in [3.05, 3.63) is 87.7 Å². The van der Waals surface area contributed by atoms with Gasteiger partial charge in [0.05, 0.1) is 12.3 Å². The zero-order chi connectivity index (χ0) is 22.8. The number of aliphatic hydroxyl groups is 1. The quantitative estimate of drug-likeness (QED) is 0.487. The van der Waals surface area contributed by atoms with Crippen LogP contribution in [0.2, 0.25) is 0 Å². The molecule has 7 nitrogen and oxygen atoms in total. The standard InChI is InChI=1S/C24H23FN4O3/c1-3-16-6-4-5-15(2)21(16)26-20(31)13-28-11-12-29-23(24(28)32)19(14-30)22(27-29)17-7-9-18(25)10-8-17/h4-12,30H,3,13-14H2,1-2H3,(H,26,31). The summed E-state index contributed by atoms with van der Waals surface area (Å²) in [7, 11) is 0. The van der Waals surface area contributed by atoms with Crippen molar-refractivity contribution in [1.29, 1.82) is 0 Å². The maximum atomic E-state index is 13.3. The summed E-state index contributed by atoms with van der Waals surface area (Å²) in [5.74, 6) is -0.722. The van der Waals surface area contributed by atoms with Gasteiger partial charge in [0.25, 0.3) is 5.56 Å². The van der Waals surface area contributed by atoms with Crippen molar-refractivity contribution in [2.24, 2.45) is 0 Å². The Labute approximate surface area is 183 Å². The van der Waals surface area contributed by atoms with Crippen molar-refractivity contribution in [1.82, 2.24) is 14.2 Å². The molecule has 1 amide bonds. The number of aryl methyl sites for hydroxylation is 2. The van der Waals surface area contributed by atoms with Gasteiger partial charge in [0, 0.05) is 29.2 Å². The molecule has 2 aromatic carbocycles. The van der Waals surface area contributed by atoms with Crippen LogP contribution in [0.15, 0.2) is 59.7 Å². The summed E-state index contributed by atoms with van der Waals surface area (Å²) in [5.41, 5.74) is 3.73. The number of benzene rings is 2. The second-order valence-corrected chi connectivity index (χ2v) is 7.53. The van der Waals surface area contributed by atoms with E-state index in [2.05, 4.69) is 10.4 Å². The minimum absolute atomic E-state index is 0.173. The zero-order valence-electron chi connectivity index (χ0n) is 17.8. The number of hydrogen-bond donors (Lipinski definition) is 2. The molecule has 0 aliphatic carbocycles. The first-order valence-electron chi connectivity index (χ1n) is 10.3. The first kappa shape index (κ1) is 21.5. The molecule has 2 N–H and O–H groups in total. The molecule has 0 radical (unpaired) electrons. The van der Waals surface area contributed by atoms with E-state index in [1.54, 1.807) is 6.20 Å². The van der Waals surface area contributed by atoms with Gasteiger partial charge in [0.1, 0.15) is 17.9 Å². The van der Waals surface area contributed by atoms with Crippen LogP contribution in [-0.2, 0) is 24.4 Å². The predicted octanol–water partition coefficient (Wildman–Crippen LogP) is 3.30. The lowest BCUT2D eigenvalue weighted by atomic mass is 10.1. The van der Waals surface area contributed by atoms with Crippen LogP contribution in [-0.4, -0.2) is 25.2 Å². The van der Waals surface area contributed by atoms with E-state index in [1.165, 1.54) is 39.5 Å². The third-order valence-corrected chi connectivity index (χ3v) is 5.45. The van der Waals surface area contributed by atoms with E-state index in [0.29, 0.717) is 16.8 Å². The second kappa shape index (κ2) is 8.76. The minimum Gasteiger partial charge on any atom is -0.392 e. The van der Waals surface area contributed by atoms with Gasteiger partial charge >= 0.3 is 0 Å². The van der Waals surface area contributed by atoms with Gasteiger partial charge in [-0.15, -0.1) is 0 Å². The number of carbonyl (C=O) groups excluding carboxylic acids is 1. The van der Waals surface area contributed by atoms with Crippen LogP contribution >= 0.6 is 0 Å². The van der Waals surface area contributed by atoms with Gasteiger partial charge in [-0.2, -0.15) is 5.10 Å². The lowest BCUT2D eigenvalue weighted by molar-refractivity contribution is -0.116. The molecular weight excluding hydrogens is 411 g/mol. The number of hydrogen-bond acceptors (Lipinski definition) is 4. The van der Waals surface area contributed by atoms with Crippen LogP contribution in [0.25, 0.3) is 16.8 Å². The van der Waals surface area contributed by atoms with Gasteiger partial charge in [-0.1, -0.05) is 25.1 Å². The third kappa shape index (κ3) is 3.92. The van der Waals surface area contributed by atoms with Crippen molar-refractivity contribution in [3.8, 4) is 11.3 Å². The topological polar surface area (TPSA) is 88.6 Å². The van der Waals surface area contributed by atoms with Crippen molar-refractivity contribution in [2.45, 2.75) is 33.4 Å². The summed E-state index contributed by atoms with van der Waals surface area (Å²) in [6, 6.07) is 11.5. The molecule has 0 saturated carbocycles. The first-order valence-corrected chi connectivity index (χ1v) is 10.3. The highest BCUT2D eigenvalue weighted by molar-refractivity contribution is 5.92. The van der Waals surface area contributed by atoms with Gasteiger partial charge in [0.2, 0.25) is 5.91 Å². The number of halogens is 1. The van der Waals surface area contributed by atoms with Crippen molar-refractivity contribution in [3.63, 3.8) is 0 Å². The Bertz CT molecular complexity index is 1360. The second-order valence-electron chi connectivity index (χ2n) is 7.53. The van der Waals surface area contributed by atoms with E-state index in [9.17, 15) is 19.1 Å². The maximum absolute atomic E-state index is 13.3. The van der Waals surface area contributed by atoms with E-state index in [1.807, 2.05) is 32.0 Å². The fourth-order valence-electron chi connectivity index (χ4n) is 3.80. The van der Waals surface area contributed by atoms with Crippen LogP contribution in [0.4, 0.5) is 10.1 Å². The average Bonchev–Trinajstić information content (AvgIpc) is 3.17. The number of carbonyl (C=O) groups is 1. The van der Waals surface area contributed by atoms with E-state index in [-0.39, 0.29) is 18.0 Å². The average molecular weight is 434 g/mol. The monoisotopic (exact) mass is 434 g/mol. The van der Waals surface area contributed by atoms with Crippen molar-refractivity contribution in [2.75, 3.05) is 5.32 Å². The van der Waals surface area contributed by atoms with Gasteiger partial charge in [-0.25, -0.2) is 8.91 Å². The fraction of sp³-hybridized carbons (Fsp3) is 0.208. The number of amides is 1. The Balaban J connectivity index is 1.69. The first-order chi connectivity index (χ1) is 15.4. The molecule has 0 unspecified atom stereocenters. The van der Waals surface area contributed by atoms with E-state index < -0.39 is 18.0 Å². The Kier molecular flexibility index (Phi) is 5.87. The molecule has 4 rings (SSSR count). The Morgan fingerprint density at radius 1 is 1.16 bits per heavy atom. The van der Waals surface area contributed by atoms with Crippen molar-refractivity contribution >= 4 is 17.1 Å². The molecule has 0 fully saturated rings. The molecule has 0 atom stereocenters. The predicted molar refractivity (Wildman–Crippen MR) is 120 cm³/mol. The lowest BCUT2D eigenvalue weighted by Gasteiger charge is -2.13. The molecule has 0 aliphatic heterocycles. The van der Waals surface area contributed by atoms with Crippen LogP contribution in [0, 0.1) is 12.7 Å². The lowest BCUT2D eigenvalue weighted by Crippen LogP contribution is -2.29. The van der Waals surface area contributed by atoms with E-state index >= 15 is 0 Å². The molecular formula is C24H23FN4O3. The number of rotatable bonds is 6. The van der Waals surface area contributed by atoms with E-state index in [0.717, 1.165) is 23.2 Å². The smallest absolute Gasteiger partial charge is 0.277 e. The Hall–Kier alpha value is -3.78. The summed E-state index contributed by atoms with van der Waals surface area (Å²) in [5, 5.41) is 17.2. The summed E-state index contributed by atoms with van der Waals surface area (Å²) in [6.45, 7) is 3.32. The van der Waals surface area contributed by atoms with Crippen LogP contribution in [0.1, 0.15) is 23.6 Å². The number of aromatic nitrogens is 3. The van der Waals surface area contributed by atoms with Crippen LogP contribution in [0.3, 0.4) is 0 Å². The van der Waals surface area contributed by atoms with Crippen molar-refractivity contribution < 1.29 is 14.3 Å². The summed E-state index contributed by atoms with van der Waals surface area (Å²) in [4.78, 5) is 25.9. The molecule has 2 heterocycles. The third-order valence-electron chi connectivity index (χ3n) is 5.45. The van der Waals surface area contributed by atoms with Crippen LogP contribution in [0.5, 0.6) is 0 Å². The molecule has 32 heavy (non-hydrogen) atoms. The van der Waals surface area contributed by atoms with Gasteiger partial charge in [-0.05, 0) is 48.7 Å². The largest absolute Gasteiger partial charge is 0.392 e. The molecule has 8 heteroatoms. The Morgan fingerprint density at radius 3 is 2.59 bits per heavy atom.